The van der Waals surface area contributed by atoms with Crippen LogP contribution >= 0.6 is 0 Å². The number of likely N-dealkylation sites (N-methyl/N-ethyl adjacent to an activating group) is 1. The van der Waals surface area contributed by atoms with Gasteiger partial charge in [-0.25, -0.2) is 0 Å². The molecule has 0 aliphatic carbocycles. The Morgan fingerprint density at radius 2 is 1.95 bits per heavy atom. The number of benzene rings is 1. The number of ether oxygens (including phenoxy) is 1. The molecule has 1 amide bonds. The first-order chi connectivity index (χ1) is 10.7. The monoisotopic (exact) mass is 304 g/mol. The number of anilines is 2. The van der Waals surface area contributed by atoms with Gasteiger partial charge in [-0.05, 0) is 26.2 Å². The molecule has 0 bridgehead atoms. The second kappa shape index (κ2) is 6.54. The van der Waals surface area contributed by atoms with E-state index >= 15 is 0 Å². The van der Waals surface area contributed by atoms with Crippen molar-refractivity contribution in [3.63, 3.8) is 0 Å². The van der Waals surface area contributed by atoms with Crippen LogP contribution in [0.1, 0.15) is 0 Å². The quantitative estimate of drug-likeness (QED) is 0.872. The number of nitrogens with zero attached hydrogens (tertiary/aromatic N) is 3. The summed E-state index contributed by atoms with van der Waals surface area (Å²) < 4.78 is 5.79. The Labute approximate surface area is 131 Å². The summed E-state index contributed by atoms with van der Waals surface area (Å²) in [5, 5.41) is 3.36. The molecule has 1 fully saturated rings. The lowest BCUT2D eigenvalue weighted by molar-refractivity contribution is -0.121. The highest BCUT2D eigenvalue weighted by Crippen LogP contribution is 2.40. The van der Waals surface area contributed by atoms with Crippen molar-refractivity contribution in [2.24, 2.45) is 0 Å². The van der Waals surface area contributed by atoms with Crippen molar-refractivity contribution in [1.29, 1.82) is 0 Å². The summed E-state index contributed by atoms with van der Waals surface area (Å²) in [7, 11) is 4.03. The smallest absolute Gasteiger partial charge is 0.265 e. The third-order valence-electron chi connectivity index (χ3n) is 4.13. The molecule has 2 aliphatic heterocycles. The first kappa shape index (κ1) is 15.1. The fourth-order valence-electron chi connectivity index (χ4n) is 2.92. The van der Waals surface area contributed by atoms with E-state index in [0.717, 1.165) is 49.8 Å². The number of piperazine rings is 1. The van der Waals surface area contributed by atoms with E-state index < -0.39 is 0 Å². The lowest BCUT2D eigenvalue weighted by Gasteiger charge is -2.35. The third kappa shape index (κ3) is 3.03. The van der Waals surface area contributed by atoms with Crippen molar-refractivity contribution in [2.75, 3.05) is 69.8 Å². The second-order valence-corrected chi connectivity index (χ2v) is 6.00. The molecular formula is C16H24N4O2. The van der Waals surface area contributed by atoms with Gasteiger partial charge >= 0.3 is 0 Å². The van der Waals surface area contributed by atoms with Crippen molar-refractivity contribution in [3.8, 4) is 5.75 Å². The molecule has 0 unspecified atom stereocenters. The highest BCUT2D eigenvalue weighted by Gasteiger charge is 2.29. The van der Waals surface area contributed by atoms with Crippen LogP contribution in [0, 0.1) is 0 Å². The minimum atomic E-state index is 0.0341. The predicted molar refractivity (Wildman–Crippen MR) is 87.9 cm³/mol. The zero-order valence-electron chi connectivity index (χ0n) is 13.3. The Balaban J connectivity index is 1.89. The second-order valence-electron chi connectivity index (χ2n) is 6.00. The Hall–Kier alpha value is -1.79. The summed E-state index contributed by atoms with van der Waals surface area (Å²) in [6.07, 6.45) is 0. The van der Waals surface area contributed by atoms with Gasteiger partial charge in [-0.15, -0.1) is 0 Å². The molecule has 0 atom stereocenters. The third-order valence-corrected chi connectivity index (χ3v) is 4.13. The first-order valence-corrected chi connectivity index (χ1v) is 7.83. The predicted octanol–water partition coefficient (Wildman–Crippen LogP) is 0.383. The Bertz CT molecular complexity index is 541. The number of amides is 1. The molecule has 0 saturated carbocycles. The summed E-state index contributed by atoms with van der Waals surface area (Å²) in [4.78, 5) is 18.5. The first-order valence-electron chi connectivity index (χ1n) is 7.83. The molecule has 22 heavy (non-hydrogen) atoms. The zero-order valence-corrected chi connectivity index (χ0v) is 13.3. The highest BCUT2D eigenvalue weighted by atomic mass is 16.5. The average Bonchev–Trinajstić information content (AvgIpc) is 2.54. The summed E-state index contributed by atoms with van der Waals surface area (Å²) in [6, 6.07) is 6.08. The topological polar surface area (TPSA) is 48.1 Å². The highest BCUT2D eigenvalue weighted by molar-refractivity contribution is 5.99. The molecule has 1 aromatic carbocycles. The number of hydrogen-bond acceptors (Lipinski definition) is 5. The summed E-state index contributed by atoms with van der Waals surface area (Å²) in [5.74, 6) is 0.884. The van der Waals surface area contributed by atoms with Crippen LogP contribution in [0.3, 0.4) is 0 Å². The van der Waals surface area contributed by atoms with E-state index in [1.807, 2.05) is 31.1 Å². The van der Waals surface area contributed by atoms with Crippen molar-refractivity contribution in [3.05, 3.63) is 18.2 Å². The number of carbonyl (C=O) groups excluding carboxylic acids is 1. The van der Waals surface area contributed by atoms with Crippen LogP contribution in [0.2, 0.25) is 0 Å². The normalized spacial score (nSPS) is 18.4. The molecule has 120 valence electrons. The minimum Gasteiger partial charge on any atom is -0.479 e. The van der Waals surface area contributed by atoms with E-state index in [-0.39, 0.29) is 12.5 Å². The van der Waals surface area contributed by atoms with E-state index in [4.69, 9.17) is 4.74 Å². The maximum Gasteiger partial charge on any atom is 0.265 e. The number of hydrogen-bond donors (Lipinski definition) is 1. The number of rotatable bonds is 4. The Morgan fingerprint density at radius 1 is 1.23 bits per heavy atom. The van der Waals surface area contributed by atoms with Crippen molar-refractivity contribution in [1.82, 2.24) is 10.2 Å². The minimum absolute atomic E-state index is 0.0341. The van der Waals surface area contributed by atoms with Crippen LogP contribution in [-0.2, 0) is 4.79 Å². The largest absolute Gasteiger partial charge is 0.479 e. The number of carbonyl (C=O) groups is 1. The van der Waals surface area contributed by atoms with E-state index in [2.05, 4.69) is 21.2 Å². The average molecular weight is 304 g/mol. The van der Waals surface area contributed by atoms with Crippen molar-refractivity contribution >= 4 is 17.3 Å². The molecule has 1 saturated heterocycles. The van der Waals surface area contributed by atoms with E-state index in [0.29, 0.717) is 6.54 Å². The standard InChI is InChI=1S/C16H24N4O2/c1-18(2)10-11-20-14-5-3-4-13(16(14)22-12-15(20)21)19-8-6-17-7-9-19/h3-5,17H,6-12H2,1-2H3. The van der Waals surface area contributed by atoms with Gasteiger partial charge in [0.2, 0.25) is 0 Å². The van der Waals surface area contributed by atoms with E-state index in [9.17, 15) is 4.79 Å². The van der Waals surface area contributed by atoms with Crippen molar-refractivity contribution in [2.45, 2.75) is 0 Å². The van der Waals surface area contributed by atoms with Gasteiger partial charge in [0.15, 0.2) is 12.4 Å². The van der Waals surface area contributed by atoms with Gasteiger partial charge in [0.1, 0.15) is 0 Å². The fraction of sp³-hybridized carbons (Fsp3) is 0.562. The number of fused-ring (bicyclic) bond motifs is 1. The lowest BCUT2D eigenvalue weighted by Crippen LogP contribution is -2.45. The fourth-order valence-corrected chi connectivity index (χ4v) is 2.92. The maximum atomic E-state index is 12.2. The van der Waals surface area contributed by atoms with Crippen molar-refractivity contribution < 1.29 is 9.53 Å². The van der Waals surface area contributed by atoms with Gasteiger partial charge in [-0.3, -0.25) is 4.79 Å². The molecular weight excluding hydrogens is 280 g/mol. The van der Waals surface area contributed by atoms with Gasteiger partial charge in [0, 0.05) is 39.3 Å². The molecule has 1 N–H and O–H groups in total. The molecule has 0 aromatic heterocycles. The lowest BCUT2D eigenvalue weighted by atomic mass is 10.1. The van der Waals surface area contributed by atoms with Crippen LogP contribution in [0.15, 0.2) is 18.2 Å². The zero-order chi connectivity index (χ0) is 15.5. The Kier molecular flexibility index (Phi) is 4.49. The van der Waals surface area contributed by atoms with E-state index in [1.165, 1.54) is 0 Å². The molecule has 6 nitrogen and oxygen atoms in total. The van der Waals surface area contributed by atoms with Crippen LogP contribution in [0.5, 0.6) is 5.75 Å². The molecule has 2 heterocycles. The molecule has 0 radical (unpaired) electrons. The van der Waals surface area contributed by atoms with Crippen LogP contribution in [0.25, 0.3) is 0 Å². The summed E-state index contributed by atoms with van der Waals surface area (Å²) in [6.45, 7) is 5.54. The number of nitrogens with one attached hydrogen (secondary N) is 1. The molecule has 6 heteroatoms. The molecule has 0 spiro atoms. The molecule has 3 rings (SSSR count). The van der Waals surface area contributed by atoms with Crippen LogP contribution in [0.4, 0.5) is 11.4 Å². The van der Waals surface area contributed by atoms with Gasteiger partial charge in [0.25, 0.3) is 5.91 Å². The SMILES string of the molecule is CN(C)CCN1C(=O)COc2c(N3CCNCC3)cccc21. The number of para-hydroxylation sites is 1. The molecule has 1 aromatic rings. The van der Waals surface area contributed by atoms with Gasteiger partial charge in [-0.1, -0.05) is 6.07 Å². The van der Waals surface area contributed by atoms with Gasteiger partial charge in [0.05, 0.1) is 11.4 Å². The maximum absolute atomic E-state index is 12.2. The van der Waals surface area contributed by atoms with Crippen LogP contribution < -0.4 is 19.9 Å². The van der Waals surface area contributed by atoms with Gasteiger partial charge in [-0.2, -0.15) is 0 Å². The van der Waals surface area contributed by atoms with Crippen LogP contribution in [-0.4, -0.2) is 70.8 Å². The summed E-state index contributed by atoms with van der Waals surface area (Å²) >= 11 is 0. The van der Waals surface area contributed by atoms with E-state index in [1.54, 1.807) is 0 Å². The molecule has 2 aliphatic rings. The summed E-state index contributed by atoms with van der Waals surface area (Å²) in [5.41, 5.74) is 2.00. The van der Waals surface area contributed by atoms with Gasteiger partial charge < -0.3 is 24.8 Å². The Morgan fingerprint density at radius 3 is 2.68 bits per heavy atom.